The molecule has 0 spiro atoms. The van der Waals surface area contributed by atoms with Gasteiger partial charge in [-0.15, -0.1) is 0 Å². The van der Waals surface area contributed by atoms with Gasteiger partial charge < -0.3 is 14.5 Å². The van der Waals surface area contributed by atoms with E-state index in [9.17, 15) is 0 Å². The number of aromatic nitrogens is 3. The monoisotopic (exact) mass is 260 g/mol. The van der Waals surface area contributed by atoms with Crippen LogP contribution in [0.2, 0.25) is 0 Å². The van der Waals surface area contributed by atoms with Crippen molar-refractivity contribution < 1.29 is 0 Å². The summed E-state index contributed by atoms with van der Waals surface area (Å²) in [5.74, 6) is 0. The molecule has 0 bridgehead atoms. The molecule has 0 saturated heterocycles. The Morgan fingerprint density at radius 3 is 2.95 bits per heavy atom. The van der Waals surface area contributed by atoms with Gasteiger partial charge in [-0.1, -0.05) is 6.92 Å². The van der Waals surface area contributed by atoms with Crippen LogP contribution in [-0.4, -0.2) is 20.7 Å². The Morgan fingerprint density at radius 1 is 1.21 bits per heavy atom. The van der Waals surface area contributed by atoms with Gasteiger partial charge in [0.1, 0.15) is 0 Å². The highest BCUT2D eigenvalue weighted by molar-refractivity contribution is 5.06. The molecule has 0 fully saturated rings. The van der Waals surface area contributed by atoms with Gasteiger partial charge in [-0.3, -0.25) is 0 Å². The molecule has 104 valence electrons. The van der Waals surface area contributed by atoms with Crippen molar-refractivity contribution in [2.75, 3.05) is 6.54 Å². The van der Waals surface area contributed by atoms with Gasteiger partial charge in [-0.25, -0.2) is 4.98 Å². The van der Waals surface area contributed by atoms with Crippen LogP contribution in [0.4, 0.5) is 0 Å². The van der Waals surface area contributed by atoms with Crippen molar-refractivity contribution in [2.24, 2.45) is 0 Å². The first kappa shape index (κ1) is 13.9. The highest BCUT2D eigenvalue weighted by Crippen LogP contribution is 2.03. The molecule has 0 aliphatic rings. The molecule has 0 saturated carbocycles. The predicted octanol–water partition coefficient (Wildman–Crippen LogP) is 2.66. The number of hydrogen-bond donors (Lipinski definition) is 1. The minimum absolute atomic E-state index is 0.970. The number of nitrogens with one attached hydrogen (secondary N) is 1. The van der Waals surface area contributed by atoms with Crippen molar-refractivity contribution in [3.05, 3.63) is 42.7 Å². The van der Waals surface area contributed by atoms with Crippen LogP contribution in [0.5, 0.6) is 0 Å². The second-order valence-corrected chi connectivity index (χ2v) is 4.88. The van der Waals surface area contributed by atoms with Crippen LogP contribution in [0.25, 0.3) is 0 Å². The van der Waals surface area contributed by atoms with Crippen molar-refractivity contribution in [3.63, 3.8) is 0 Å². The van der Waals surface area contributed by atoms with Gasteiger partial charge in [0, 0.05) is 43.9 Å². The number of hydrogen-bond acceptors (Lipinski definition) is 2. The van der Waals surface area contributed by atoms with Crippen LogP contribution in [-0.2, 0) is 19.6 Å². The van der Waals surface area contributed by atoms with Gasteiger partial charge in [0.15, 0.2) is 0 Å². The van der Waals surface area contributed by atoms with E-state index in [1.54, 1.807) is 0 Å². The summed E-state index contributed by atoms with van der Waals surface area (Å²) in [5, 5.41) is 3.52. The Balaban J connectivity index is 1.57. The molecular formula is C15H24N4. The molecule has 0 aliphatic heterocycles. The fourth-order valence-electron chi connectivity index (χ4n) is 2.25. The average molecular weight is 260 g/mol. The molecule has 0 unspecified atom stereocenters. The predicted molar refractivity (Wildman–Crippen MR) is 77.9 cm³/mol. The van der Waals surface area contributed by atoms with E-state index in [2.05, 4.69) is 44.7 Å². The maximum Gasteiger partial charge on any atom is 0.0945 e. The summed E-state index contributed by atoms with van der Waals surface area (Å²) in [7, 11) is 0. The van der Waals surface area contributed by atoms with E-state index < -0.39 is 0 Å². The van der Waals surface area contributed by atoms with E-state index >= 15 is 0 Å². The van der Waals surface area contributed by atoms with Gasteiger partial charge in [-0.05, 0) is 37.9 Å². The fourth-order valence-corrected chi connectivity index (χ4v) is 2.25. The highest BCUT2D eigenvalue weighted by Gasteiger charge is 1.99. The second-order valence-electron chi connectivity index (χ2n) is 4.88. The standard InChI is InChI=1S/C15H24N4/c1-2-9-19-11-5-6-15(19)13-16-7-3-4-10-18-12-8-17-14-18/h5-6,8,11-12,14,16H,2-4,7,9-10,13H2,1H3. The Kier molecular flexibility index (Phi) is 5.69. The summed E-state index contributed by atoms with van der Waals surface area (Å²) in [5.41, 5.74) is 1.39. The van der Waals surface area contributed by atoms with Crippen molar-refractivity contribution in [3.8, 4) is 0 Å². The minimum Gasteiger partial charge on any atom is -0.350 e. The minimum atomic E-state index is 0.970. The van der Waals surface area contributed by atoms with E-state index in [1.807, 2.05) is 18.7 Å². The molecule has 4 heteroatoms. The van der Waals surface area contributed by atoms with Gasteiger partial charge in [0.25, 0.3) is 0 Å². The third-order valence-corrected chi connectivity index (χ3v) is 3.27. The van der Waals surface area contributed by atoms with Crippen LogP contribution in [0, 0.1) is 0 Å². The molecule has 1 N–H and O–H groups in total. The van der Waals surface area contributed by atoms with E-state index in [0.29, 0.717) is 0 Å². The van der Waals surface area contributed by atoms with Crippen molar-refractivity contribution in [1.29, 1.82) is 0 Å². The molecule has 0 aromatic carbocycles. The highest BCUT2D eigenvalue weighted by atomic mass is 15.0. The van der Waals surface area contributed by atoms with Crippen LogP contribution in [0.3, 0.4) is 0 Å². The van der Waals surface area contributed by atoms with Crippen molar-refractivity contribution in [2.45, 2.75) is 45.8 Å². The van der Waals surface area contributed by atoms with E-state index in [1.165, 1.54) is 25.0 Å². The Hall–Kier alpha value is -1.55. The molecule has 2 aromatic heterocycles. The third kappa shape index (κ3) is 4.56. The Morgan fingerprint density at radius 2 is 2.16 bits per heavy atom. The Labute approximate surface area is 115 Å². The first-order valence-corrected chi connectivity index (χ1v) is 7.20. The molecule has 4 nitrogen and oxygen atoms in total. The van der Waals surface area contributed by atoms with Crippen LogP contribution in [0.15, 0.2) is 37.1 Å². The molecule has 0 radical (unpaired) electrons. The molecular weight excluding hydrogens is 236 g/mol. The van der Waals surface area contributed by atoms with Gasteiger partial charge in [0.2, 0.25) is 0 Å². The lowest BCUT2D eigenvalue weighted by atomic mass is 10.3. The lowest BCUT2D eigenvalue weighted by Crippen LogP contribution is -2.17. The topological polar surface area (TPSA) is 34.8 Å². The van der Waals surface area contributed by atoms with E-state index in [0.717, 1.165) is 26.2 Å². The molecule has 2 heterocycles. The van der Waals surface area contributed by atoms with Gasteiger partial charge in [0.05, 0.1) is 6.33 Å². The molecule has 2 rings (SSSR count). The quantitative estimate of drug-likeness (QED) is 0.703. The van der Waals surface area contributed by atoms with Crippen molar-refractivity contribution in [1.82, 2.24) is 19.4 Å². The van der Waals surface area contributed by atoms with Gasteiger partial charge >= 0.3 is 0 Å². The lowest BCUT2D eigenvalue weighted by Gasteiger charge is -2.09. The summed E-state index contributed by atoms with van der Waals surface area (Å²) in [6.45, 7) is 6.44. The SMILES string of the molecule is CCCn1cccc1CNCCCCn1ccnc1. The normalized spacial score (nSPS) is 11.0. The molecule has 0 aliphatic carbocycles. The number of imidazole rings is 1. The first-order chi connectivity index (χ1) is 9.40. The zero-order chi connectivity index (χ0) is 13.3. The average Bonchev–Trinajstić information content (AvgIpc) is 3.06. The maximum atomic E-state index is 4.04. The van der Waals surface area contributed by atoms with Crippen molar-refractivity contribution >= 4 is 0 Å². The maximum absolute atomic E-state index is 4.04. The van der Waals surface area contributed by atoms with Gasteiger partial charge in [-0.2, -0.15) is 0 Å². The second kappa shape index (κ2) is 7.79. The fraction of sp³-hybridized carbons (Fsp3) is 0.533. The lowest BCUT2D eigenvalue weighted by molar-refractivity contribution is 0.552. The molecule has 0 amide bonds. The number of rotatable bonds is 9. The number of unbranched alkanes of at least 4 members (excludes halogenated alkanes) is 1. The summed E-state index contributed by atoms with van der Waals surface area (Å²) in [6, 6.07) is 4.33. The molecule has 0 atom stereocenters. The van der Waals surface area contributed by atoms with E-state index in [-0.39, 0.29) is 0 Å². The largest absolute Gasteiger partial charge is 0.350 e. The smallest absolute Gasteiger partial charge is 0.0945 e. The molecule has 2 aromatic rings. The first-order valence-electron chi connectivity index (χ1n) is 7.20. The summed E-state index contributed by atoms with van der Waals surface area (Å²) in [6.07, 6.45) is 11.5. The van der Waals surface area contributed by atoms with Crippen LogP contribution in [0.1, 0.15) is 31.9 Å². The number of nitrogens with zero attached hydrogens (tertiary/aromatic N) is 3. The van der Waals surface area contributed by atoms with E-state index in [4.69, 9.17) is 0 Å². The zero-order valence-corrected chi connectivity index (χ0v) is 11.8. The molecule has 19 heavy (non-hydrogen) atoms. The number of aryl methyl sites for hydroxylation is 2. The zero-order valence-electron chi connectivity index (χ0n) is 11.8. The third-order valence-electron chi connectivity index (χ3n) is 3.27. The summed E-state index contributed by atoms with van der Waals surface area (Å²) in [4.78, 5) is 4.04. The van der Waals surface area contributed by atoms with Crippen LogP contribution < -0.4 is 5.32 Å². The van der Waals surface area contributed by atoms with Crippen LogP contribution >= 0.6 is 0 Å². The summed E-state index contributed by atoms with van der Waals surface area (Å²) >= 11 is 0. The summed E-state index contributed by atoms with van der Waals surface area (Å²) < 4.78 is 4.46. The Bertz CT molecular complexity index is 444.